The lowest BCUT2D eigenvalue weighted by Crippen LogP contribution is -1.91. The van der Waals surface area contributed by atoms with Crippen molar-refractivity contribution in [2.75, 3.05) is 7.11 Å². The molecule has 0 spiro atoms. The molecule has 1 rings (SSSR count). The number of benzene rings is 1. The van der Waals surface area contributed by atoms with Crippen molar-refractivity contribution < 1.29 is 9.53 Å². The number of amides is 1. The zero-order valence-corrected chi connectivity index (χ0v) is 11.0. The smallest absolute Gasteiger partial charge is 0.204 e. The number of nitrogens with two attached hydrogens (primary N) is 1. The monoisotopic (exact) mass is 237 g/mol. The van der Waals surface area contributed by atoms with Gasteiger partial charge in [-0.05, 0) is 37.0 Å². The zero-order chi connectivity index (χ0) is 13.1. The number of hydrogen-bond donors (Lipinski definition) is 1. The third-order valence-corrected chi connectivity index (χ3v) is 2.54. The van der Waals surface area contributed by atoms with E-state index in [9.17, 15) is 0 Å². The predicted octanol–water partition coefficient (Wildman–Crippen LogP) is 2.84. The molecule has 3 nitrogen and oxygen atoms in total. The first kappa shape index (κ1) is 15.5. The minimum atomic E-state index is 0.250. The van der Waals surface area contributed by atoms with Crippen LogP contribution < -0.4 is 10.5 Å². The van der Waals surface area contributed by atoms with Crippen LogP contribution in [0.5, 0.6) is 5.75 Å². The minimum Gasteiger partial charge on any atom is -0.496 e. The Morgan fingerprint density at radius 3 is 2.53 bits per heavy atom. The van der Waals surface area contributed by atoms with Crippen molar-refractivity contribution in [2.24, 2.45) is 5.73 Å². The summed E-state index contributed by atoms with van der Waals surface area (Å²) in [5.74, 6) is 1.01. The van der Waals surface area contributed by atoms with E-state index in [-0.39, 0.29) is 6.41 Å². The molecular weight excluding hydrogens is 214 g/mol. The van der Waals surface area contributed by atoms with E-state index in [0.717, 1.165) is 5.75 Å². The lowest BCUT2D eigenvalue weighted by molar-refractivity contribution is -0.106. The number of ether oxygens (including phenoxy) is 1. The number of rotatable bonds is 5. The molecule has 0 fully saturated rings. The van der Waals surface area contributed by atoms with E-state index in [1.165, 1.54) is 36.8 Å². The van der Waals surface area contributed by atoms with Gasteiger partial charge < -0.3 is 10.5 Å². The molecule has 1 amide bonds. The van der Waals surface area contributed by atoms with Crippen LogP contribution in [0.1, 0.15) is 37.3 Å². The number of methoxy groups -OCH3 is 1. The molecule has 0 aliphatic carbocycles. The maximum absolute atomic E-state index is 8.58. The molecule has 0 aliphatic rings. The summed E-state index contributed by atoms with van der Waals surface area (Å²) in [5, 5.41) is 0. The van der Waals surface area contributed by atoms with Gasteiger partial charge in [0.25, 0.3) is 0 Å². The number of unbranched alkanes of at least 4 members (excludes halogenated alkanes) is 2. The summed E-state index contributed by atoms with van der Waals surface area (Å²) in [6, 6.07) is 6.50. The number of hydrogen-bond acceptors (Lipinski definition) is 2. The fourth-order valence-electron chi connectivity index (χ4n) is 1.60. The average molecular weight is 237 g/mol. The highest BCUT2D eigenvalue weighted by molar-refractivity contribution is 5.42. The van der Waals surface area contributed by atoms with E-state index in [1.807, 2.05) is 0 Å². The van der Waals surface area contributed by atoms with Gasteiger partial charge in [-0.3, -0.25) is 4.79 Å². The van der Waals surface area contributed by atoms with Gasteiger partial charge in [0.15, 0.2) is 0 Å². The Morgan fingerprint density at radius 1 is 1.35 bits per heavy atom. The van der Waals surface area contributed by atoms with Gasteiger partial charge in [-0.2, -0.15) is 0 Å². The normalized spacial score (nSPS) is 9.12. The molecule has 0 radical (unpaired) electrons. The molecule has 0 unspecified atom stereocenters. The molecule has 0 saturated carbocycles. The standard InChI is InChI=1S/C13H20O.CH3NO/c1-4-5-6-7-12-9-8-11(2)13(10-12)14-3;2-1-3/h8-10H,4-7H2,1-3H3;1H,(H2,2,3). The Labute approximate surface area is 104 Å². The molecule has 0 atom stereocenters. The highest BCUT2D eigenvalue weighted by Gasteiger charge is 1.99. The van der Waals surface area contributed by atoms with Crippen molar-refractivity contribution in [3.8, 4) is 5.75 Å². The molecule has 0 aromatic heterocycles. The SMILES string of the molecule is CCCCCc1ccc(C)c(OC)c1.NC=O. The highest BCUT2D eigenvalue weighted by Crippen LogP contribution is 2.20. The van der Waals surface area contributed by atoms with Crippen LogP contribution in [0, 0.1) is 6.92 Å². The predicted molar refractivity (Wildman–Crippen MR) is 71.2 cm³/mol. The van der Waals surface area contributed by atoms with E-state index in [4.69, 9.17) is 9.53 Å². The second-order valence-electron chi connectivity index (χ2n) is 3.90. The Morgan fingerprint density at radius 2 is 2.00 bits per heavy atom. The van der Waals surface area contributed by atoms with Crippen molar-refractivity contribution in [3.63, 3.8) is 0 Å². The summed E-state index contributed by atoms with van der Waals surface area (Å²) < 4.78 is 5.29. The number of carbonyl (C=O) groups excluding carboxylic acids is 1. The maximum atomic E-state index is 8.58. The van der Waals surface area contributed by atoms with Crippen LogP contribution in [-0.2, 0) is 11.2 Å². The third-order valence-electron chi connectivity index (χ3n) is 2.54. The van der Waals surface area contributed by atoms with Gasteiger partial charge in [0.05, 0.1) is 7.11 Å². The summed E-state index contributed by atoms with van der Waals surface area (Å²) in [6.07, 6.45) is 5.30. The Balaban J connectivity index is 0.000000770. The second-order valence-corrected chi connectivity index (χ2v) is 3.90. The topological polar surface area (TPSA) is 52.3 Å². The fourth-order valence-corrected chi connectivity index (χ4v) is 1.60. The molecule has 0 bridgehead atoms. The van der Waals surface area contributed by atoms with E-state index < -0.39 is 0 Å². The van der Waals surface area contributed by atoms with Crippen LogP contribution >= 0.6 is 0 Å². The van der Waals surface area contributed by atoms with Crippen LogP contribution in [-0.4, -0.2) is 13.5 Å². The molecule has 0 saturated heterocycles. The molecule has 1 aromatic rings. The van der Waals surface area contributed by atoms with E-state index in [1.54, 1.807) is 7.11 Å². The molecule has 0 heterocycles. The van der Waals surface area contributed by atoms with Gasteiger partial charge in [0.1, 0.15) is 5.75 Å². The summed E-state index contributed by atoms with van der Waals surface area (Å²) in [4.78, 5) is 8.58. The van der Waals surface area contributed by atoms with Crippen molar-refractivity contribution in [1.29, 1.82) is 0 Å². The minimum absolute atomic E-state index is 0.250. The van der Waals surface area contributed by atoms with E-state index in [2.05, 4.69) is 37.8 Å². The second kappa shape index (κ2) is 9.70. The van der Waals surface area contributed by atoms with Gasteiger partial charge in [0.2, 0.25) is 6.41 Å². The Bertz CT molecular complexity index is 324. The largest absolute Gasteiger partial charge is 0.496 e. The van der Waals surface area contributed by atoms with Crippen LogP contribution in [0.4, 0.5) is 0 Å². The van der Waals surface area contributed by atoms with E-state index in [0.29, 0.717) is 0 Å². The maximum Gasteiger partial charge on any atom is 0.204 e. The highest BCUT2D eigenvalue weighted by atomic mass is 16.5. The summed E-state index contributed by atoms with van der Waals surface area (Å²) in [5.41, 5.74) is 6.77. The Hall–Kier alpha value is -1.51. The first-order valence-electron chi connectivity index (χ1n) is 5.98. The van der Waals surface area contributed by atoms with Gasteiger partial charge in [-0.15, -0.1) is 0 Å². The summed E-state index contributed by atoms with van der Waals surface area (Å²) in [7, 11) is 1.73. The molecule has 1 aromatic carbocycles. The number of aryl methyl sites for hydroxylation is 2. The lowest BCUT2D eigenvalue weighted by Gasteiger charge is -2.07. The van der Waals surface area contributed by atoms with Crippen LogP contribution in [0.3, 0.4) is 0 Å². The molecule has 3 heteroatoms. The summed E-state index contributed by atoms with van der Waals surface area (Å²) in [6.45, 7) is 4.31. The van der Waals surface area contributed by atoms with Gasteiger partial charge in [-0.25, -0.2) is 0 Å². The van der Waals surface area contributed by atoms with Crippen molar-refractivity contribution in [1.82, 2.24) is 0 Å². The molecule has 2 N–H and O–H groups in total. The van der Waals surface area contributed by atoms with Gasteiger partial charge in [0, 0.05) is 0 Å². The van der Waals surface area contributed by atoms with Crippen LogP contribution in [0.25, 0.3) is 0 Å². The zero-order valence-electron chi connectivity index (χ0n) is 11.0. The summed E-state index contributed by atoms with van der Waals surface area (Å²) >= 11 is 0. The molecular formula is C14H23NO2. The fraction of sp³-hybridized carbons (Fsp3) is 0.500. The number of carbonyl (C=O) groups is 1. The number of primary amides is 1. The van der Waals surface area contributed by atoms with Crippen molar-refractivity contribution in [3.05, 3.63) is 29.3 Å². The Kier molecular flexibility index (Phi) is 8.84. The van der Waals surface area contributed by atoms with Gasteiger partial charge >= 0.3 is 0 Å². The van der Waals surface area contributed by atoms with Crippen molar-refractivity contribution >= 4 is 6.41 Å². The average Bonchev–Trinajstić information content (AvgIpc) is 2.32. The van der Waals surface area contributed by atoms with E-state index >= 15 is 0 Å². The lowest BCUT2D eigenvalue weighted by atomic mass is 10.1. The third kappa shape index (κ3) is 6.61. The molecule has 96 valence electrons. The first-order valence-corrected chi connectivity index (χ1v) is 5.98. The van der Waals surface area contributed by atoms with Crippen molar-refractivity contribution in [2.45, 2.75) is 39.5 Å². The molecule has 0 aliphatic heterocycles. The van der Waals surface area contributed by atoms with Gasteiger partial charge in [-0.1, -0.05) is 31.9 Å². The quantitative estimate of drug-likeness (QED) is 0.632. The first-order chi connectivity index (χ1) is 8.19. The van der Waals surface area contributed by atoms with Crippen LogP contribution in [0.2, 0.25) is 0 Å². The molecule has 17 heavy (non-hydrogen) atoms. The van der Waals surface area contributed by atoms with Crippen LogP contribution in [0.15, 0.2) is 18.2 Å².